The summed E-state index contributed by atoms with van der Waals surface area (Å²) in [5.74, 6) is -3.45. The van der Waals surface area contributed by atoms with Crippen LogP contribution in [0.1, 0.15) is 48.2 Å². The smallest absolute Gasteiger partial charge is 0.326 e. The van der Waals surface area contributed by atoms with Gasteiger partial charge < -0.3 is 46.7 Å². The molecule has 1 fully saturated rings. The zero-order valence-corrected chi connectivity index (χ0v) is 35.7. The van der Waals surface area contributed by atoms with Crippen LogP contribution in [0.3, 0.4) is 0 Å². The maximum atomic E-state index is 12.9. The van der Waals surface area contributed by atoms with E-state index in [1.165, 1.54) is 18.3 Å². The monoisotopic (exact) mass is 901 g/mol. The number of aromatic amines is 1. The van der Waals surface area contributed by atoms with Crippen molar-refractivity contribution in [1.29, 1.82) is 0 Å². The Kier molecular flexibility index (Phi) is 14.7. The van der Waals surface area contributed by atoms with Gasteiger partial charge in [0.1, 0.15) is 17.5 Å². The van der Waals surface area contributed by atoms with Crippen molar-refractivity contribution < 1.29 is 43.7 Å². The van der Waals surface area contributed by atoms with Crippen LogP contribution in [-0.4, -0.2) is 106 Å². The van der Waals surface area contributed by atoms with Crippen LogP contribution in [0.5, 0.6) is 5.75 Å². The topological polar surface area (TPSA) is 290 Å². The van der Waals surface area contributed by atoms with Crippen molar-refractivity contribution in [2.45, 2.75) is 44.7 Å². The van der Waals surface area contributed by atoms with Crippen molar-refractivity contribution in [2.75, 3.05) is 50.8 Å². The molecule has 20 nitrogen and oxygen atoms in total. The van der Waals surface area contributed by atoms with Gasteiger partial charge in [-0.3, -0.25) is 29.0 Å². The van der Waals surface area contributed by atoms with Crippen LogP contribution in [0.4, 0.5) is 17.3 Å². The molecule has 20 heteroatoms. The lowest BCUT2D eigenvalue weighted by Crippen LogP contribution is -2.56. The number of fused-ring (bicyclic) bond motifs is 2. The van der Waals surface area contributed by atoms with E-state index in [1.807, 2.05) is 54.6 Å². The van der Waals surface area contributed by atoms with Gasteiger partial charge in [-0.15, -0.1) is 0 Å². The zero-order valence-electron chi connectivity index (χ0n) is 35.7. The summed E-state index contributed by atoms with van der Waals surface area (Å²) in [5, 5.41) is 33.2. The summed E-state index contributed by atoms with van der Waals surface area (Å²) in [7, 11) is 0. The van der Waals surface area contributed by atoms with E-state index in [0.29, 0.717) is 36.3 Å². The van der Waals surface area contributed by atoms with Crippen molar-refractivity contribution in [3.05, 3.63) is 113 Å². The van der Waals surface area contributed by atoms with Crippen LogP contribution in [-0.2, 0) is 35.2 Å². The highest BCUT2D eigenvalue weighted by Crippen LogP contribution is 2.39. The summed E-state index contributed by atoms with van der Waals surface area (Å²) < 4.78 is 11.7. The van der Waals surface area contributed by atoms with Crippen LogP contribution in [0.15, 0.2) is 95.9 Å². The number of anilines is 2. The first-order valence-corrected chi connectivity index (χ1v) is 21.2. The highest BCUT2D eigenvalue weighted by atomic mass is 16.6. The van der Waals surface area contributed by atoms with Gasteiger partial charge in [-0.2, -0.15) is 4.98 Å². The number of carboxylic acid groups (broad SMARTS) is 1. The van der Waals surface area contributed by atoms with Gasteiger partial charge >= 0.3 is 11.9 Å². The van der Waals surface area contributed by atoms with Crippen molar-refractivity contribution in [3.63, 3.8) is 0 Å². The molecule has 0 radical (unpaired) electrons. The number of hydrogen-bond donors (Lipinski definition) is 8. The zero-order chi connectivity index (χ0) is 46.6. The second kappa shape index (κ2) is 21.1. The number of H-pyrrole nitrogens is 1. The molecule has 1 saturated heterocycles. The van der Waals surface area contributed by atoms with Crippen LogP contribution >= 0.6 is 0 Å². The lowest BCUT2D eigenvalue weighted by molar-refractivity contribution is -0.153. The Labute approximate surface area is 377 Å². The van der Waals surface area contributed by atoms with Gasteiger partial charge in [-0.05, 0) is 47.2 Å². The number of carbonyl (C=O) groups excluding carboxylic acids is 4. The molecule has 0 saturated carbocycles. The number of rotatable bonds is 19. The van der Waals surface area contributed by atoms with Crippen molar-refractivity contribution in [3.8, 4) is 16.9 Å². The molecule has 66 heavy (non-hydrogen) atoms. The molecular formula is C46H49N10O10+. The van der Waals surface area contributed by atoms with E-state index in [1.54, 1.807) is 18.2 Å². The molecule has 0 aliphatic carbocycles. The number of nitrogens with one attached hydrogen (secondary N) is 5. The Morgan fingerprint density at radius 1 is 0.894 bits per heavy atom. The average molecular weight is 902 g/mol. The Hall–Kier alpha value is -7.97. The van der Waals surface area contributed by atoms with Gasteiger partial charge in [0.05, 0.1) is 38.0 Å². The third kappa shape index (κ3) is 11.6. The van der Waals surface area contributed by atoms with Crippen molar-refractivity contribution >= 4 is 68.9 Å². The molecule has 2 aromatic heterocycles. The first kappa shape index (κ1) is 46.0. The van der Waals surface area contributed by atoms with Gasteiger partial charge in [-0.25, -0.2) is 19.2 Å². The van der Waals surface area contributed by atoms with E-state index >= 15 is 0 Å². The number of quaternary nitrogens is 1. The summed E-state index contributed by atoms with van der Waals surface area (Å²) >= 11 is 0. The predicted molar refractivity (Wildman–Crippen MR) is 244 cm³/mol. The molecular weight excluding hydrogens is 853 g/mol. The Morgan fingerprint density at radius 3 is 2.38 bits per heavy atom. The number of amides is 3. The number of ether oxygens (including phenoxy) is 2. The fraction of sp³-hybridized carbons (Fsp3) is 0.283. The fourth-order valence-corrected chi connectivity index (χ4v) is 7.47. The molecule has 3 heterocycles. The average Bonchev–Trinajstić information content (AvgIpc) is 3.32. The molecule has 9 N–H and O–H groups in total. The van der Waals surface area contributed by atoms with Gasteiger partial charge in [0.25, 0.3) is 11.5 Å². The number of nitrogens with two attached hydrogens (primary N) is 1. The number of hydrogen-bond acceptors (Lipinski definition) is 14. The number of phenols is 1. The van der Waals surface area contributed by atoms with E-state index in [2.05, 4.69) is 41.2 Å². The number of phenolic OH excluding ortho intramolecular Hbond substituents is 1. The minimum absolute atomic E-state index is 0.0363. The lowest BCUT2D eigenvalue weighted by Gasteiger charge is -2.39. The maximum absolute atomic E-state index is 12.9. The minimum Gasteiger partial charge on any atom is -0.507 e. The minimum atomic E-state index is -1.36. The first-order valence-electron chi connectivity index (χ1n) is 21.2. The van der Waals surface area contributed by atoms with E-state index in [0.717, 1.165) is 22.2 Å². The number of esters is 1. The van der Waals surface area contributed by atoms with E-state index in [-0.39, 0.29) is 91.7 Å². The molecule has 7 rings (SSSR count). The molecule has 1 aliphatic rings. The number of aromatic hydroxyl groups is 1. The summed E-state index contributed by atoms with van der Waals surface area (Å²) in [4.78, 5) is 89.6. The number of carbonyl (C=O) groups is 5. The summed E-state index contributed by atoms with van der Waals surface area (Å²) in [5.41, 5.74) is 9.09. The van der Waals surface area contributed by atoms with Crippen molar-refractivity contribution in [1.82, 2.24) is 40.4 Å². The Bertz CT molecular complexity index is 2800. The van der Waals surface area contributed by atoms with Crippen molar-refractivity contribution in [2.24, 2.45) is 0 Å². The van der Waals surface area contributed by atoms with Crippen LogP contribution in [0.2, 0.25) is 0 Å². The van der Waals surface area contributed by atoms with Gasteiger partial charge in [0.2, 0.25) is 24.5 Å². The molecule has 2 atom stereocenters. The number of aromatic nitrogens is 4. The number of nitrogen functional groups attached to an aromatic ring is 1. The Morgan fingerprint density at radius 2 is 1.65 bits per heavy atom. The van der Waals surface area contributed by atoms with Crippen LogP contribution < -0.4 is 37.0 Å². The predicted octanol–water partition coefficient (Wildman–Crippen LogP) is 3.30. The van der Waals surface area contributed by atoms with E-state index in [9.17, 15) is 39.0 Å². The van der Waals surface area contributed by atoms with Crippen LogP contribution in [0, 0.1) is 0 Å². The summed E-state index contributed by atoms with van der Waals surface area (Å²) in [6, 6.07) is 24.1. The highest BCUT2D eigenvalue weighted by molar-refractivity contribution is 6.01. The molecule has 0 spiro atoms. The SMILES string of the molecule is Nc1nc2ncc(CNc3ccc(C(=O)NC(CCC(=O)NCCNC(=O)CCC(=O)OC[N+]4(c5cc(O)c6cccc(-c7ccccc7)c6c5)CCCOC4)C(=O)O)cc3)nc2c(=O)[nH]1. The molecule has 342 valence electrons. The third-order valence-electron chi connectivity index (χ3n) is 11.0. The first-order chi connectivity index (χ1) is 31.9. The maximum Gasteiger partial charge on any atom is 0.326 e. The quantitative estimate of drug-likeness (QED) is 0.0329. The second-order valence-electron chi connectivity index (χ2n) is 15.7. The standard InChI is InChI=1S/C46H48N10O10/c47-46-54-42-41(44(62)55-46)52-31(25-51-42)24-50-30-12-10-29(11-13-30)43(61)53-36(45(63)64)14-15-38(58)48-18-19-49-39(59)16-17-40(60)66-27-56(20-5-21-65-26-56)32-22-35-33(28-6-2-1-3-7-28)8-4-9-34(35)37(57)23-32/h1-4,6-13,22-23,25,36H,5,14-21,24,26-27H2,(H8-,47,48,49,50,51,53,54,55,57,58,59,61,62,63,64)/p+1. The lowest BCUT2D eigenvalue weighted by atomic mass is 9.97. The van der Waals surface area contributed by atoms with Gasteiger partial charge in [0.15, 0.2) is 17.9 Å². The highest BCUT2D eigenvalue weighted by Gasteiger charge is 2.36. The fourth-order valence-electron chi connectivity index (χ4n) is 7.47. The molecule has 2 unspecified atom stereocenters. The largest absolute Gasteiger partial charge is 0.507 e. The summed E-state index contributed by atoms with van der Waals surface area (Å²) in [6.07, 6.45) is 1.40. The second-order valence-corrected chi connectivity index (χ2v) is 15.7. The molecule has 3 amide bonds. The van der Waals surface area contributed by atoms with E-state index in [4.69, 9.17) is 15.2 Å². The number of benzene rings is 4. The number of nitrogens with zero attached hydrogens (tertiary/aromatic N) is 4. The number of aliphatic carboxylic acids is 1. The number of carboxylic acids is 1. The van der Waals surface area contributed by atoms with Gasteiger partial charge in [-0.1, -0.05) is 48.5 Å². The third-order valence-corrected chi connectivity index (χ3v) is 11.0. The normalized spacial score (nSPS) is 15.1. The molecule has 0 bridgehead atoms. The summed E-state index contributed by atoms with van der Waals surface area (Å²) in [6.45, 7) is 1.62. The molecule has 6 aromatic rings. The molecule has 4 aromatic carbocycles. The van der Waals surface area contributed by atoms with Crippen LogP contribution in [0.25, 0.3) is 33.1 Å². The van der Waals surface area contributed by atoms with Gasteiger partial charge in [0, 0.05) is 61.1 Å². The Balaban J connectivity index is 0.811. The molecule has 1 aliphatic heterocycles. The van der Waals surface area contributed by atoms with E-state index < -0.39 is 41.3 Å².